The lowest BCUT2D eigenvalue weighted by Crippen LogP contribution is -2.40. The monoisotopic (exact) mass is 356 g/mol. The van der Waals surface area contributed by atoms with Gasteiger partial charge in [0, 0.05) is 19.6 Å². The van der Waals surface area contributed by atoms with E-state index in [1.165, 1.54) is 17.0 Å². The number of benzene rings is 2. The minimum Gasteiger partial charge on any atom is -0.389 e. The topological polar surface area (TPSA) is 60.9 Å². The van der Waals surface area contributed by atoms with Crippen molar-refractivity contribution < 1.29 is 19.1 Å². The molecule has 0 aliphatic carbocycles. The van der Waals surface area contributed by atoms with E-state index in [2.05, 4.69) is 0 Å². The van der Waals surface area contributed by atoms with Crippen LogP contribution in [0.2, 0.25) is 0 Å². The number of carbonyl (C=O) groups excluding carboxylic acids is 2. The van der Waals surface area contributed by atoms with E-state index in [0.717, 1.165) is 5.56 Å². The van der Waals surface area contributed by atoms with Crippen LogP contribution in [0.15, 0.2) is 54.6 Å². The SMILES string of the molecule is O=C(Cc1ccc(F)cc1)N1CC(=O)N(Cc2ccccc2)CC(O)C1. The van der Waals surface area contributed by atoms with E-state index in [1.807, 2.05) is 30.3 Å². The minimum absolute atomic E-state index is 0.0656. The maximum Gasteiger partial charge on any atom is 0.242 e. The van der Waals surface area contributed by atoms with Crippen LogP contribution in [0, 0.1) is 5.82 Å². The summed E-state index contributed by atoms with van der Waals surface area (Å²) in [5, 5.41) is 10.2. The van der Waals surface area contributed by atoms with Crippen molar-refractivity contribution in [1.29, 1.82) is 0 Å². The van der Waals surface area contributed by atoms with E-state index in [0.29, 0.717) is 12.1 Å². The molecule has 2 aromatic rings. The van der Waals surface area contributed by atoms with Crippen molar-refractivity contribution in [2.24, 2.45) is 0 Å². The van der Waals surface area contributed by atoms with Gasteiger partial charge in [-0.25, -0.2) is 4.39 Å². The van der Waals surface area contributed by atoms with Gasteiger partial charge in [-0.1, -0.05) is 42.5 Å². The van der Waals surface area contributed by atoms with Gasteiger partial charge < -0.3 is 14.9 Å². The molecular weight excluding hydrogens is 335 g/mol. The molecule has 1 saturated heterocycles. The second-order valence-electron chi connectivity index (χ2n) is 6.49. The van der Waals surface area contributed by atoms with E-state index in [9.17, 15) is 19.1 Å². The first-order valence-electron chi connectivity index (χ1n) is 8.53. The molecule has 1 aliphatic heterocycles. The van der Waals surface area contributed by atoms with Gasteiger partial charge >= 0.3 is 0 Å². The molecule has 5 nitrogen and oxygen atoms in total. The summed E-state index contributed by atoms with van der Waals surface area (Å²) in [6.45, 7) is 0.631. The Hall–Kier alpha value is -2.73. The summed E-state index contributed by atoms with van der Waals surface area (Å²) in [7, 11) is 0. The number of hydrogen-bond acceptors (Lipinski definition) is 3. The molecule has 2 aromatic carbocycles. The minimum atomic E-state index is -0.803. The predicted octanol–water partition coefficient (Wildman–Crippen LogP) is 1.60. The number of β-amino-alcohol motifs (C(OH)–C–C–N with tert-alkyl or cyclic N) is 1. The molecule has 26 heavy (non-hydrogen) atoms. The van der Waals surface area contributed by atoms with E-state index in [1.54, 1.807) is 17.0 Å². The van der Waals surface area contributed by atoms with E-state index < -0.39 is 6.10 Å². The summed E-state index contributed by atoms with van der Waals surface area (Å²) in [5.74, 6) is -0.818. The fraction of sp³-hybridized carbons (Fsp3) is 0.300. The highest BCUT2D eigenvalue weighted by atomic mass is 19.1. The number of aliphatic hydroxyl groups is 1. The van der Waals surface area contributed by atoms with E-state index >= 15 is 0 Å². The van der Waals surface area contributed by atoms with Gasteiger partial charge in [-0.2, -0.15) is 0 Å². The van der Waals surface area contributed by atoms with Gasteiger partial charge in [-0.15, -0.1) is 0 Å². The van der Waals surface area contributed by atoms with Gasteiger partial charge in [0.05, 0.1) is 19.1 Å². The second kappa shape index (κ2) is 8.10. The second-order valence-corrected chi connectivity index (χ2v) is 6.49. The Morgan fingerprint density at radius 3 is 2.42 bits per heavy atom. The van der Waals surface area contributed by atoms with Gasteiger partial charge in [-0.3, -0.25) is 9.59 Å². The third-order valence-electron chi connectivity index (χ3n) is 4.38. The van der Waals surface area contributed by atoms with Gasteiger partial charge in [0.2, 0.25) is 11.8 Å². The van der Waals surface area contributed by atoms with Crippen molar-refractivity contribution in [3.8, 4) is 0 Å². The Morgan fingerprint density at radius 1 is 1.04 bits per heavy atom. The molecule has 2 amide bonds. The fourth-order valence-electron chi connectivity index (χ4n) is 3.03. The van der Waals surface area contributed by atoms with Gasteiger partial charge in [-0.05, 0) is 23.3 Å². The molecule has 1 heterocycles. The van der Waals surface area contributed by atoms with Crippen LogP contribution in [0.25, 0.3) is 0 Å². The van der Waals surface area contributed by atoms with E-state index in [-0.39, 0.29) is 43.7 Å². The zero-order chi connectivity index (χ0) is 18.5. The molecule has 0 aromatic heterocycles. The third-order valence-corrected chi connectivity index (χ3v) is 4.38. The van der Waals surface area contributed by atoms with Crippen molar-refractivity contribution in [3.05, 3.63) is 71.5 Å². The van der Waals surface area contributed by atoms with Crippen molar-refractivity contribution >= 4 is 11.8 Å². The van der Waals surface area contributed by atoms with Crippen LogP contribution in [0.5, 0.6) is 0 Å². The lowest BCUT2D eigenvalue weighted by molar-refractivity contribution is -0.138. The molecule has 3 rings (SSSR count). The Labute approximate surface area is 151 Å². The largest absolute Gasteiger partial charge is 0.389 e. The first-order valence-corrected chi connectivity index (χ1v) is 8.53. The molecule has 0 saturated carbocycles. The normalized spacial score (nSPS) is 17.9. The summed E-state index contributed by atoms with van der Waals surface area (Å²) in [5.41, 5.74) is 1.64. The molecule has 0 bridgehead atoms. The number of rotatable bonds is 4. The Bertz CT molecular complexity index is 764. The molecule has 1 atom stereocenters. The van der Waals surface area contributed by atoms with Crippen LogP contribution < -0.4 is 0 Å². The highest BCUT2D eigenvalue weighted by Crippen LogP contribution is 2.12. The van der Waals surface area contributed by atoms with E-state index in [4.69, 9.17) is 0 Å². The van der Waals surface area contributed by atoms with Gasteiger partial charge in [0.25, 0.3) is 0 Å². The fourth-order valence-corrected chi connectivity index (χ4v) is 3.03. The van der Waals surface area contributed by atoms with Crippen LogP contribution in [-0.2, 0) is 22.6 Å². The Kier molecular flexibility index (Phi) is 5.63. The molecule has 136 valence electrons. The third kappa shape index (κ3) is 4.67. The van der Waals surface area contributed by atoms with Crippen LogP contribution in [0.1, 0.15) is 11.1 Å². The molecule has 1 aliphatic rings. The summed E-state index contributed by atoms with van der Waals surface area (Å²) < 4.78 is 13.0. The smallest absolute Gasteiger partial charge is 0.242 e. The standard InChI is InChI=1S/C20H21FN2O3/c21-17-8-6-15(7-9-17)10-19(25)23-13-18(24)12-22(20(26)14-23)11-16-4-2-1-3-5-16/h1-9,18,24H,10-14H2. The molecule has 6 heteroatoms. The summed E-state index contributed by atoms with van der Waals surface area (Å²) in [4.78, 5) is 28.0. The first-order chi connectivity index (χ1) is 12.5. The predicted molar refractivity (Wildman–Crippen MR) is 94.5 cm³/mol. The highest BCUT2D eigenvalue weighted by molar-refractivity contribution is 5.86. The summed E-state index contributed by atoms with van der Waals surface area (Å²) >= 11 is 0. The van der Waals surface area contributed by atoms with Gasteiger partial charge in [0.1, 0.15) is 5.82 Å². The average molecular weight is 356 g/mol. The maximum atomic E-state index is 13.0. The lowest BCUT2D eigenvalue weighted by atomic mass is 10.1. The van der Waals surface area contributed by atoms with Crippen molar-refractivity contribution in [2.45, 2.75) is 19.1 Å². The molecule has 1 unspecified atom stereocenters. The van der Waals surface area contributed by atoms with Gasteiger partial charge in [0.15, 0.2) is 0 Å². The number of amides is 2. The van der Waals surface area contributed by atoms with Crippen LogP contribution in [0.4, 0.5) is 4.39 Å². The first kappa shape index (κ1) is 18.1. The quantitative estimate of drug-likeness (QED) is 0.905. The molecular formula is C20H21FN2O3. The lowest BCUT2D eigenvalue weighted by Gasteiger charge is -2.22. The zero-order valence-corrected chi connectivity index (χ0v) is 14.3. The molecule has 0 radical (unpaired) electrons. The summed E-state index contributed by atoms with van der Waals surface area (Å²) in [6, 6.07) is 15.2. The highest BCUT2D eigenvalue weighted by Gasteiger charge is 2.29. The zero-order valence-electron chi connectivity index (χ0n) is 14.3. The number of carbonyl (C=O) groups is 2. The van der Waals surface area contributed by atoms with Crippen LogP contribution >= 0.6 is 0 Å². The number of hydrogen-bond donors (Lipinski definition) is 1. The number of nitrogens with zero attached hydrogens (tertiary/aromatic N) is 2. The molecule has 1 N–H and O–H groups in total. The number of aliphatic hydroxyl groups excluding tert-OH is 1. The van der Waals surface area contributed by atoms with Crippen LogP contribution in [-0.4, -0.2) is 52.5 Å². The Balaban J connectivity index is 1.66. The van der Waals surface area contributed by atoms with Crippen molar-refractivity contribution in [3.63, 3.8) is 0 Å². The van der Waals surface area contributed by atoms with Crippen LogP contribution in [0.3, 0.4) is 0 Å². The average Bonchev–Trinajstić information content (AvgIpc) is 2.76. The summed E-state index contributed by atoms with van der Waals surface area (Å²) in [6.07, 6.45) is -0.735. The number of halogens is 1. The maximum absolute atomic E-state index is 13.0. The molecule has 1 fully saturated rings. The van der Waals surface area contributed by atoms with Crippen molar-refractivity contribution in [2.75, 3.05) is 19.6 Å². The Morgan fingerprint density at radius 2 is 1.73 bits per heavy atom. The molecule has 0 spiro atoms. The van der Waals surface area contributed by atoms with Crippen molar-refractivity contribution in [1.82, 2.24) is 9.80 Å².